The largest absolute Gasteiger partial charge is 0.444 e. The number of halogens is 2. The first-order valence-electron chi connectivity index (χ1n) is 17.7. The van der Waals surface area contributed by atoms with Crippen LogP contribution < -0.4 is 26.6 Å². The molecule has 3 aliphatic rings. The van der Waals surface area contributed by atoms with Crippen LogP contribution in [0.25, 0.3) is 0 Å². The lowest BCUT2D eigenvalue weighted by atomic mass is 10.0. The maximum atomic E-state index is 16.0. The summed E-state index contributed by atoms with van der Waals surface area (Å²) < 4.78 is 37.5. The van der Waals surface area contributed by atoms with E-state index in [0.717, 1.165) is 29.6 Å². The normalized spacial score (nSPS) is 22.1. The van der Waals surface area contributed by atoms with Crippen molar-refractivity contribution in [2.75, 3.05) is 46.2 Å². The monoisotopic (exact) mass is 704 g/mol. The lowest BCUT2D eigenvalue weighted by molar-refractivity contribution is -0.120. The van der Waals surface area contributed by atoms with E-state index in [-0.39, 0.29) is 23.7 Å². The SMILES string of the molecule is CC(C)(C)OC(=O)N1CCC[C@H]1C(=O)Nc1ccc([C@H]2CC[C@H](c3ccc(N)cc3)N2c2cc(F)c(N3CC[Si](C)(C)CC3)c(F)c2)cc1N. The van der Waals surface area contributed by atoms with Gasteiger partial charge >= 0.3 is 6.09 Å². The first kappa shape index (κ1) is 35.5. The quantitative estimate of drug-likeness (QED) is 0.176. The van der Waals surface area contributed by atoms with Crippen molar-refractivity contribution in [2.45, 2.75) is 95.4 Å². The molecule has 0 unspecified atom stereocenters. The Morgan fingerprint density at radius 2 is 1.46 bits per heavy atom. The predicted molar refractivity (Wildman–Crippen MR) is 199 cm³/mol. The number of anilines is 5. The molecular formula is C38H50F2N6O3Si. The van der Waals surface area contributed by atoms with E-state index in [2.05, 4.69) is 23.3 Å². The minimum Gasteiger partial charge on any atom is -0.444 e. The number of nitrogens with one attached hydrogen (secondary N) is 1. The zero-order valence-electron chi connectivity index (χ0n) is 29.8. The lowest BCUT2D eigenvalue weighted by Crippen LogP contribution is -2.45. The zero-order valence-corrected chi connectivity index (χ0v) is 30.8. The van der Waals surface area contributed by atoms with E-state index in [0.29, 0.717) is 61.6 Å². The molecule has 3 aliphatic heterocycles. The van der Waals surface area contributed by atoms with E-state index >= 15 is 8.78 Å². The highest BCUT2D eigenvalue weighted by Crippen LogP contribution is 2.49. The van der Waals surface area contributed by atoms with Gasteiger partial charge in [-0.05, 0) is 106 Å². The fourth-order valence-electron chi connectivity index (χ4n) is 7.58. The summed E-state index contributed by atoms with van der Waals surface area (Å²) in [6.45, 7) is 11.8. The summed E-state index contributed by atoms with van der Waals surface area (Å²) in [6, 6.07) is 17.0. The Labute approximate surface area is 294 Å². The molecule has 5 N–H and O–H groups in total. The van der Waals surface area contributed by atoms with Crippen LogP contribution in [0.1, 0.15) is 69.7 Å². The Balaban J connectivity index is 1.27. The molecule has 0 bridgehead atoms. The van der Waals surface area contributed by atoms with E-state index in [1.54, 1.807) is 26.8 Å². The Hall–Kier alpha value is -4.32. The van der Waals surface area contributed by atoms with Crippen molar-refractivity contribution >= 4 is 48.5 Å². The summed E-state index contributed by atoms with van der Waals surface area (Å²) in [5, 5.41) is 2.92. The van der Waals surface area contributed by atoms with Crippen molar-refractivity contribution in [3.05, 3.63) is 77.4 Å². The standard InChI is InChI=1S/C38H50F2N6O3Si/c1-38(2,3)49-37(48)45-16-6-7-34(45)36(47)43-31-13-10-25(21-30(31)42)33-15-14-32(24-8-11-26(41)12-9-24)46(33)27-22-28(39)35(29(40)23-27)44-17-19-50(4,5)20-18-44/h8-13,21-23,32-34H,6-7,14-20,41-42H2,1-5H3,(H,43,47)/t32-,33-,34+/m1/s1. The molecule has 6 rings (SSSR count). The van der Waals surface area contributed by atoms with Gasteiger partial charge in [-0.2, -0.15) is 0 Å². The fourth-order valence-corrected chi connectivity index (χ4v) is 9.58. The first-order chi connectivity index (χ1) is 23.6. The summed E-state index contributed by atoms with van der Waals surface area (Å²) in [5.41, 5.74) is 15.7. The third-order valence-corrected chi connectivity index (χ3v) is 13.5. The molecule has 0 saturated carbocycles. The van der Waals surface area contributed by atoms with E-state index in [1.165, 1.54) is 17.0 Å². The molecule has 0 aliphatic carbocycles. The number of carbonyl (C=O) groups excluding carboxylic acids is 2. The number of carbonyl (C=O) groups is 2. The number of amides is 2. The molecule has 0 aromatic heterocycles. The van der Waals surface area contributed by atoms with Crippen molar-refractivity contribution in [1.29, 1.82) is 0 Å². The van der Waals surface area contributed by atoms with Crippen LogP contribution in [-0.4, -0.2) is 56.3 Å². The highest BCUT2D eigenvalue weighted by molar-refractivity contribution is 6.77. The van der Waals surface area contributed by atoms with Gasteiger partial charge in [0.15, 0.2) is 11.6 Å². The summed E-state index contributed by atoms with van der Waals surface area (Å²) >= 11 is 0. The maximum absolute atomic E-state index is 16.0. The molecule has 9 nitrogen and oxygen atoms in total. The minimum atomic E-state index is -1.33. The highest BCUT2D eigenvalue weighted by atomic mass is 28.3. The second-order valence-electron chi connectivity index (χ2n) is 15.8. The summed E-state index contributed by atoms with van der Waals surface area (Å²) in [5.74, 6) is -1.45. The molecule has 3 heterocycles. The van der Waals surface area contributed by atoms with Crippen molar-refractivity contribution in [2.24, 2.45) is 0 Å². The second-order valence-corrected chi connectivity index (χ2v) is 21.1. The summed E-state index contributed by atoms with van der Waals surface area (Å²) in [6.07, 6.45) is 2.16. The van der Waals surface area contributed by atoms with Crippen LogP contribution in [0, 0.1) is 11.6 Å². The molecule has 50 heavy (non-hydrogen) atoms. The van der Waals surface area contributed by atoms with Crippen LogP contribution in [0.3, 0.4) is 0 Å². The van der Waals surface area contributed by atoms with Gasteiger partial charge in [-0.15, -0.1) is 0 Å². The predicted octanol–water partition coefficient (Wildman–Crippen LogP) is 8.08. The Bertz CT molecular complexity index is 1710. The average molecular weight is 705 g/mol. The molecule has 12 heteroatoms. The number of nitrogens with zero attached hydrogens (tertiary/aromatic N) is 3. The van der Waals surface area contributed by atoms with E-state index in [1.807, 2.05) is 41.3 Å². The Morgan fingerprint density at radius 3 is 2.06 bits per heavy atom. The number of rotatable bonds is 6. The molecule has 268 valence electrons. The molecule has 3 aromatic carbocycles. The van der Waals surface area contributed by atoms with Gasteiger partial charge in [0.05, 0.1) is 31.5 Å². The smallest absolute Gasteiger partial charge is 0.410 e. The number of likely N-dealkylation sites (tertiary alicyclic amines) is 1. The third kappa shape index (κ3) is 7.55. The topological polar surface area (TPSA) is 117 Å². The lowest BCUT2D eigenvalue weighted by Gasteiger charge is -2.38. The summed E-state index contributed by atoms with van der Waals surface area (Å²) in [4.78, 5) is 31.6. The van der Waals surface area contributed by atoms with Crippen molar-refractivity contribution in [1.82, 2.24) is 4.90 Å². The number of nitrogen functional groups attached to an aromatic ring is 2. The average Bonchev–Trinajstić information content (AvgIpc) is 3.71. The van der Waals surface area contributed by atoms with Gasteiger partial charge in [0.2, 0.25) is 5.91 Å². The Kier molecular flexibility index (Phi) is 9.78. The van der Waals surface area contributed by atoms with Crippen LogP contribution >= 0.6 is 0 Å². The third-order valence-electron chi connectivity index (χ3n) is 10.3. The molecule has 0 spiro atoms. The van der Waals surface area contributed by atoms with E-state index in [9.17, 15) is 9.59 Å². The van der Waals surface area contributed by atoms with Crippen molar-refractivity contribution in [3.8, 4) is 0 Å². The van der Waals surface area contributed by atoms with Crippen LogP contribution in [0.5, 0.6) is 0 Å². The van der Waals surface area contributed by atoms with Crippen LogP contribution in [-0.2, 0) is 9.53 Å². The van der Waals surface area contributed by atoms with Crippen LogP contribution in [0.15, 0.2) is 54.6 Å². The van der Waals surface area contributed by atoms with Crippen LogP contribution in [0.4, 0.5) is 42.0 Å². The number of hydrogen-bond donors (Lipinski definition) is 3. The number of hydrogen-bond acceptors (Lipinski definition) is 7. The number of benzene rings is 3. The van der Waals surface area contributed by atoms with Gasteiger partial charge in [-0.25, -0.2) is 13.6 Å². The van der Waals surface area contributed by atoms with Gasteiger partial charge in [-0.1, -0.05) is 31.3 Å². The molecule has 2 amide bonds. The van der Waals surface area contributed by atoms with Gasteiger partial charge < -0.3 is 31.3 Å². The molecular weight excluding hydrogens is 655 g/mol. The van der Waals surface area contributed by atoms with Crippen molar-refractivity contribution < 1.29 is 23.1 Å². The van der Waals surface area contributed by atoms with E-state index in [4.69, 9.17) is 16.2 Å². The highest BCUT2D eigenvalue weighted by Gasteiger charge is 2.39. The number of nitrogens with two attached hydrogens (primary N) is 2. The molecule has 3 saturated heterocycles. The van der Waals surface area contributed by atoms with E-state index < -0.39 is 37.4 Å². The van der Waals surface area contributed by atoms with Crippen molar-refractivity contribution in [3.63, 3.8) is 0 Å². The molecule has 3 fully saturated rings. The fraction of sp³-hybridized carbons (Fsp3) is 0.474. The molecule has 3 atom stereocenters. The molecule has 3 aromatic rings. The second kappa shape index (κ2) is 13.8. The summed E-state index contributed by atoms with van der Waals surface area (Å²) in [7, 11) is -1.33. The van der Waals surface area contributed by atoms with Gasteiger partial charge in [0, 0.05) is 31.0 Å². The minimum absolute atomic E-state index is 0.0508. The zero-order chi connectivity index (χ0) is 36.0. The first-order valence-corrected chi connectivity index (χ1v) is 21.1. The maximum Gasteiger partial charge on any atom is 0.410 e. The Morgan fingerprint density at radius 1 is 0.860 bits per heavy atom. The number of ether oxygens (including phenoxy) is 1. The van der Waals surface area contributed by atoms with Gasteiger partial charge in [-0.3, -0.25) is 9.69 Å². The van der Waals surface area contributed by atoms with Gasteiger partial charge in [0.25, 0.3) is 0 Å². The molecule has 0 radical (unpaired) electrons. The van der Waals surface area contributed by atoms with Crippen LogP contribution in [0.2, 0.25) is 25.2 Å². The van der Waals surface area contributed by atoms with Gasteiger partial charge in [0.1, 0.15) is 17.3 Å².